The van der Waals surface area contributed by atoms with Crippen molar-refractivity contribution in [1.82, 2.24) is 9.97 Å². The van der Waals surface area contributed by atoms with E-state index in [1.165, 1.54) is 11.8 Å². The Morgan fingerprint density at radius 2 is 2.11 bits per heavy atom. The first-order valence-corrected chi connectivity index (χ1v) is 7.03. The van der Waals surface area contributed by atoms with E-state index in [0.29, 0.717) is 5.22 Å². The predicted molar refractivity (Wildman–Crippen MR) is 74.1 cm³/mol. The molecule has 0 amide bonds. The molecule has 0 bridgehead atoms. The van der Waals surface area contributed by atoms with Gasteiger partial charge in [-0.2, -0.15) is 0 Å². The summed E-state index contributed by atoms with van der Waals surface area (Å²) >= 11 is 3.04. The number of benzene rings is 1. The molecule has 2 aromatic heterocycles. The second-order valence-electron chi connectivity index (χ2n) is 3.93. The Balaban J connectivity index is 1.95. The predicted octanol–water partition coefficient (Wildman–Crippen LogP) is 3.63. The fourth-order valence-electron chi connectivity index (χ4n) is 1.53. The molecule has 6 heteroatoms. The molecule has 0 radical (unpaired) electrons. The smallest absolute Gasteiger partial charge is 0.263 e. The Morgan fingerprint density at radius 1 is 1.28 bits per heavy atom. The van der Waals surface area contributed by atoms with E-state index in [2.05, 4.69) is 9.97 Å². The Hall–Kier alpha value is -1.53. The SMILES string of the molecule is Cc1nc(Sc2nc3ccc(N)cc3s2)oc1C. The molecule has 2 N–H and O–H groups in total. The second kappa shape index (κ2) is 4.29. The zero-order chi connectivity index (χ0) is 12.7. The Bertz CT molecular complexity index is 698. The van der Waals surface area contributed by atoms with Crippen molar-refractivity contribution < 1.29 is 4.42 Å². The van der Waals surface area contributed by atoms with Gasteiger partial charge in [0.2, 0.25) is 0 Å². The van der Waals surface area contributed by atoms with Crippen molar-refractivity contribution in [3.8, 4) is 0 Å². The number of oxazole rings is 1. The average Bonchev–Trinajstić information content (AvgIpc) is 2.82. The largest absolute Gasteiger partial charge is 0.436 e. The lowest BCUT2D eigenvalue weighted by Gasteiger charge is -1.88. The van der Waals surface area contributed by atoms with Gasteiger partial charge in [-0.15, -0.1) is 11.3 Å². The number of nitrogen functional groups attached to an aromatic ring is 1. The van der Waals surface area contributed by atoms with Crippen molar-refractivity contribution in [2.75, 3.05) is 5.73 Å². The number of rotatable bonds is 2. The first kappa shape index (κ1) is 11.6. The number of nitrogens with zero attached hydrogens (tertiary/aromatic N) is 2. The van der Waals surface area contributed by atoms with Crippen molar-refractivity contribution in [3.05, 3.63) is 29.7 Å². The molecule has 0 unspecified atom stereocenters. The van der Waals surface area contributed by atoms with Gasteiger partial charge < -0.3 is 10.2 Å². The van der Waals surface area contributed by atoms with Gasteiger partial charge in [0.15, 0.2) is 4.34 Å². The van der Waals surface area contributed by atoms with Crippen LogP contribution in [0.3, 0.4) is 0 Å². The first-order chi connectivity index (χ1) is 8.61. The van der Waals surface area contributed by atoms with Crippen molar-refractivity contribution in [3.63, 3.8) is 0 Å². The molecule has 0 aliphatic heterocycles. The van der Waals surface area contributed by atoms with Crippen LogP contribution in [-0.2, 0) is 0 Å². The third-order valence-electron chi connectivity index (χ3n) is 2.58. The quantitative estimate of drug-likeness (QED) is 0.724. The molecule has 2 heterocycles. The van der Waals surface area contributed by atoms with Crippen LogP contribution in [0, 0.1) is 13.8 Å². The van der Waals surface area contributed by atoms with Crippen molar-refractivity contribution >= 4 is 39.0 Å². The molecule has 0 saturated heterocycles. The normalized spacial score (nSPS) is 11.2. The lowest BCUT2D eigenvalue weighted by atomic mass is 10.3. The van der Waals surface area contributed by atoms with E-state index in [0.717, 1.165) is 31.7 Å². The number of nitrogens with two attached hydrogens (primary N) is 1. The van der Waals surface area contributed by atoms with E-state index in [1.54, 1.807) is 11.3 Å². The summed E-state index contributed by atoms with van der Waals surface area (Å²) in [6.07, 6.45) is 0. The minimum atomic E-state index is 0.636. The summed E-state index contributed by atoms with van der Waals surface area (Å²) in [6.45, 7) is 3.84. The highest BCUT2D eigenvalue weighted by molar-refractivity contribution is 8.00. The van der Waals surface area contributed by atoms with Crippen LogP contribution < -0.4 is 5.73 Å². The maximum absolute atomic E-state index is 5.75. The number of hydrogen-bond acceptors (Lipinski definition) is 6. The van der Waals surface area contributed by atoms with Gasteiger partial charge in [0.05, 0.1) is 15.9 Å². The zero-order valence-corrected chi connectivity index (χ0v) is 11.6. The van der Waals surface area contributed by atoms with Crippen LogP contribution in [0.1, 0.15) is 11.5 Å². The number of aromatic nitrogens is 2. The van der Waals surface area contributed by atoms with Gasteiger partial charge in [0, 0.05) is 17.4 Å². The summed E-state index contributed by atoms with van der Waals surface area (Å²) in [4.78, 5) is 8.85. The van der Waals surface area contributed by atoms with Gasteiger partial charge >= 0.3 is 0 Å². The third kappa shape index (κ3) is 2.09. The van der Waals surface area contributed by atoms with E-state index in [-0.39, 0.29) is 0 Å². The highest BCUT2D eigenvalue weighted by Crippen LogP contribution is 2.35. The van der Waals surface area contributed by atoms with Crippen LogP contribution in [0.2, 0.25) is 0 Å². The topological polar surface area (TPSA) is 64.9 Å². The number of fused-ring (bicyclic) bond motifs is 1. The minimum Gasteiger partial charge on any atom is -0.436 e. The standard InChI is InChI=1S/C12H11N3OS2/c1-6-7(2)16-11(14-6)18-12-15-9-4-3-8(13)5-10(9)17-12/h3-5H,13H2,1-2H3. The van der Waals surface area contributed by atoms with Gasteiger partial charge in [-0.05, 0) is 32.0 Å². The van der Waals surface area contributed by atoms with Crippen LogP contribution >= 0.6 is 23.1 Å². The van der Waals surface area contributed by atoms with E-state index < -0.39 is 0 Å². The highest BCUT2D eigenvalue weighted by atomic mass is 32.2. The maximum Gasteiger partial charge on any atom is 0.263 e. The molecule has 0 aliphatic rings. The molecule has 3 rings (SSSR count). The van der Waals surface area contributed by atoms with Crippen LogP contribution in [0.4, 0.5) is 5.69 Å². The van der Waals surface area contributed by atoms with Gasteiger partial charge in [-0.1, -0.05) is 0 Å². The van der Waals surface area contributed by atoms with Crippen LogP contribution in [0.15, 0.2) is 32.2 Å². The lowest BCUT2D eigenvalue weighted by Crippen LogP contribution is -1.81. The summed E-state index contributed by atoms with van der Waals surface area (Å²) in [5.41, 5.74) is 8.38. The lowest BCUT2D eigenvalue weighted by molar-refractivity contribution is 0.431. The summed E-state index contributed by atoms with van der Waals surface area (Å²) in [5, 5.41) is 0.636. The Kier molecular flexibility index (Phi) is 2.76. The summed E-state index contributed by atoms with van der Waals surface area (Å²) in [5.74, 6) is 0.850. The number of anilines is 1. The molecule has 3 aromatic rings. The van der Waals surface area contributed by atoms with Gasteiger partial charge in [0.25, 0.3) is 5.22 Å². The monoisotopic (exact) mass is 277 g/mol. The average molecular weight is 277 g/mol. The van der Waals surface area contributed by atoms with E-state index in [9.17, 15) is 0 Å². The number of thiazole rings is 1. The third-order valence-corrected chi connectivity index (χ3v) is 4.50. The van der Waals surface area contributed by atoms with E-state index >= 15 is 0 Å². The fourth-order valence-corrected chi connectivity index (χ4v) is 3.56. The molecule has 0 spiro atoms. The molecule has 0 atom stereocenters. The summed E-state index contributed by atoms with van der Waals surface area (Å²) < 4.78 is 7.53. The van der Waals surface area contributed by atoms with Crippen LogP contribution in [0.5, 0.6) is 0 Å². The Labute approximate surface area is 112 Å². The number of hydrogen-bond donors (Lipinski definition) is 1. The summed E-state index contributed by atoms with van der Waals surface area (Å²) in [7, 11) is 0. The van der Waals surface area contributed by atoms with E-state index in [4.69, 9.17) is 10.2 Å². The molecule has 0 fully saturated rings. The first-order valence-electron chi connectivity index (χ1n) is 5.40. The second-order valence-corrected chi connectivity index (χ2v) is 6.16. The van der Waals surface area contributed by atoms with Crippen LogP contribution in [0.25, 0.3) is 10.2 Å². The van der Waals surface area contributed by atoms with Gasteiger partial charge in [0.1, 0.15) is 5.76 Å². The molecule has 92 valence electrons. The minimum absolute atomic E-state index is 0.636. The Morgan fingerprint density at radius 3 is 2.83 bits per heavy atom. The molecular weight excluding hydrogens is 266 g/mol. The van der Waals surface area contributed by atoms with E-state index in [1.807, 2.05) is 32.0 Å². The fraction of sp³-hybridized carbons (Fsp3) is 0.167. The van der Waals surface area contributed by atoms with Gasteiger partial charge in [-0.3, -0.25) is 0 Å². The highest BCUT2D eigenvalue weighted by Gasteiger charge is 2.11. The molecule has 0 aliphatic carbocycles. The molecular formula is C12H11N3OS2. The molecule has 18 heavy (non-hydrogen) atoms. The molecule has 0 saturated carbocycles. The van der Waals surface area contributed by atoms with Gasteiger partial charge in [-0.25, -0.2) is 9.97 Å². The molecule has 4 nitrogen and oxygen atoms in total. The summed E-state index contributed by atoms with van der Waals surface area (Å²) in [6, 6.07) is 5.72. The maximum atomic E-state index is 5.75. The van der Waals surface area contributed by atoms with Crippen molar-refractivity contribution in [2.45, 2.75) is 23.4 Å². The van der Waals surface area contributed by atoms with Crippen molar-refractivity contribution in [1.29, 1.82) is 0 Å². The number of aryl methyl sites for hydroxylation is 2. The van der Waals surface area contributed by atoms with Crippen molar-refractivity contribution in [2.24, 2.45) is 0 Å². The van der Waals surface area contributed by atoms with Crippen LogP contribution in [-0.4, -0.2) is 9.97 Å². The zero-order valence-electron chi connectivity index (χ0n) is 9.93. The molecule has 1 aromatic carbocycles.